The topological polar surface area (TPSA) is 60.7 Å². The monoisotopic (exact) mass is 148 g/mol. The lowest BCUT2D eigenvalue weighted by atomic mass is 9.92. The molecule has 0 amide bonds. The third-order valence-corrected chi connectivity index (χ3v) is 1.89. The average molecular weight is 148 g/mol. The van der Waals surface area contributed by atoms with Crippen molar-refractivity contribution in [3.05, 3.63) is 0 Å². The van der Waals surface area contributed by atoms with Crippen LogP contribution < -0.4 is 0 Å². The van der Waals surface area contributed by atoms with Crippen molar-refractivity contribution in [2.24, 2.45) is 11.8 Å². The number of hydrogen-bond donors (Lipinski definition) is 3. The second-order valence-electron chi connectivity index (χ2n) is 2.48. The largest absolute Gasteiger partial charge is 0.396 e. The molecule has 1 unspecified atom stereocenters. The molecule has 0 aliphatic heterocycles. The number of hydrogen-bond acceptors (Lipinski definition) is 3. The minimum absolute atomic E-state index is 0.0370. The molecule has 3 N–H and O–H groups in total. The Balaban J connectivity index is 3.70. The van der Waals surface area contributed by atoms with E-state index >= 15 is 0 Å². The summed E-state index contributed by atoms with van der Waals surface area (Å²) < 4.78 is 0. The molecule has 0 spiro atoms. The summed E-state index contributed by atoms with van der Waals surface area (Å²) in [6.45, 7) is 1.88. The molecule has 0 rings (SSSR count). The first kappa shape index (κ1) is 9.88. The summed E-state index contributed by atoms with van der Waals surface area (Å²) in [7, 11) is 0. The van der Waals surface area contributed by atoms with Crippen molar-refractivity contribution < 1.29 is 15.3 Å². The third-order valence-electron chi connectivity index (χ3n) is 1.89. The highest BCUT2D eigenvalue weighted by molar-refractivity contribution is 4.65. The average Bonchev–Trinajstić information content (AvgIpc) is 2.00. The zero-order valence-corrected chi connectivity index (χ0v) is 6.32. The molecule has 0 radical (unpaired) electrons. The van der Waals surface area contributed by atoms with Gasteiger partial charge in [0.15, 0.2) is 0 Å². The second-order valence-corrected chi connectivity index (χ2v) is 2.48. The summed E-state index contributed by atoms with van der Waals surface area (Å²) in [6.07, 6.45) is 0.794. The fourth-order valence-electron chi connectivity index (χ4n) is 0.967. The van der Waals surface area contributed by atoms with Gasteiger partial charge in [0.1, 0.15) is 0 Å². The van der Waals surface area contributed by atoms with Crippen molar-refractivity contribution in [3.8, 4) is 0 Å². The summed E-state index contributed by atoms with van der Waals surface area (Å²) in [5.74, 6) is -0.120. The van der Waals surface area contributed by atoms with Gasteiger partial charge in [-0.3, -0.25) is 0 Å². The van der Waals surface area contributed by atoms with E-state index in [1.807, 2.05) is 6.92 Å². The van der Waals surface area contributed by atoms with E-state index in [1.165, 1.54) is 0 Å². The van der Waals surface area contributed by atoms with Gasteiger partial charge >= 0.3 is 0 Å². The molecule has 10 heavy (non-hydrogen) atoms. The SMILES string of the molecule is CCC(CO)C(CO)CO. The summed E-state index contributed by atoms with van der Waals surface area (Å²) in [5.41, 5.74) is 0. The molecule has 0 fully saturated rings. The molecule has 0 aromatic carbocycles. The van der Waals surface area contributed by atoms with Crippen LogP contribution in [0.4, 0.5) is 0 Å². The third kappa shape index (κ3) is 2.64. The van der Waals surface area contributed by atoms with Gasteiger partial charge in [-0.05, 0) is 5.92 Å². The van der Waals surface area contributed by atoms with E-state index in [0.29, 0.717) is 0 Å². The molecule has 0 heterocycles. The van der Waals surface area contributed by atoms with Crippen LogP contribution in [0.3, 0.4) is 0 Å². The highest BCUT2D eigenvalue weighted by Gasteiger charge is 2.16. The maximum Gasteiger partial charge on any atom is 0.0484 e. The van der Waals surface area contributed by atoms with Crippen LogP contribution in [0.25, 0.3) is 0 Å². The van der Waals surface area contributed by atoms with E-state index < -0.39 is 0 Å². The Morgan fingerprint density at radius 1 is 0.900 bits per heavy atom. The molecule has 0 aromatic rings. The summed E-state index contributed by atoms with van der Waals surface area (Å²) in [5, 5.41) is 26.1. The first-order valence-corrected chi connectivity index (χ1v) is 3.62. The van der Waals surface area contributed by atoms with Crippen LogP contribution >= 0.6 is 0 Å². The first-order chi connectivity index (χ1) is 4.79. The lowest BCUT2D eigenvalue weighted by Gasteiger charge is -2.19. The molecular formula is C7H16O3. The standard InChI is InChI=1S/C7H16O3/c1-2-6(3-8)7(4-9)5-10/h6-10H,2-5H2,1H3. The Morgan fingerprint density at radius 3 is 1.40 bits per heavy atom. The number of aliphatic hydroxyl groups is 3. The van der Waals surface area contributed by atoms with Gasteiger partial charge in [-0.1, -0.05) is 13.3 Å². The van der Waals surface area contributed by atoms with Gasteiger partial charge in [0.25, 0.3) is 0 Å². The number of aliphatic hydroxyl groups excluding tert-OH is 3. The molecule has 62 valence electrons. The molecule has 0 aromatic heterocycles. The molecule has 0 aliphatic carbocycles. The Kier molecular flexibility index (Phi) is 5.58. The van der Waals surface area contributed by atoms with E-state index in [2.05, 4.69) is 0 Å². The van der Waals surface area contributed by atoms with Crippen LogP contribution in [0, 0.1) is 11.8 Å². The minimum Gasteiger partial charge on any atom is -0.396 e. The fraction of sp³-hybridized carbons (Fsp3) is 1.00. The van der Waals surface area contributed by atoms with Crippen molar-refractivity contribution in [1.29, 1.82) is 0 Å². The lowest BCUT2D eigenvalue weighted by molar-refractivity contribution is 0.0715. The maximum absolute atomic E-state index is 8.74. The van der Waals surface area contributed by atoms with Gasteiger partial charge in [0, 0.05) is 25.7 Å². The molecule has 0 saturated carbocycles. The van der Waals surface area contributed by atoms with Crippen molar-refractivity contribution >= 4 is 0 Å². The van der Waals surface area contributed by atoms with Gasteiger partial charge in [-0.2, -0.15) is 0 Å². The quantitative estimate of drug-likeness (QED) is 0.497. The predicted octanol–water partition coefficient (Wildman–Crippen LogP) is -0.394. The Hall–Kier alpha value is -0.120. The van der Waals surface area contributed by atoms with Crippen molar-refractivity contribution in [2.75, 3.05) is 19.8 Å². The number of rotatable bonds is 5. The van der Waals surface area contributed by atoms with Crippen LogP contribution in [0.1, 0.15) is 13.3 Å². The van der Waals surface area contributed by atoms with Crippen molar-refractivity contribution in [2.45, 2.75) is 13.3 Å². The van der Waals surface area contributed by atoms with Crippen molar-refractivity contribution in [1.82, 2.24) is 0 Å². The molecule has 3 nitrogen and oxygen atoms in total. The molecule has 1 atom stereocenters. The molecule has 0 saturated heterocycles. The zero-order valence-electron chi connectivity index (χ0n) is 6.32. The van der Waals surface area contributed by atoms with Crippen molar-refractivity contribution in [3.63, 3.8) is 0 Å². The second kappa shape index (κ2) is 5.65. The van der Waals surface area contributed by atoms with Crippen LogP contribution in [-0.2, 0) is 0 Å². The Labute approximate surface area is 61.3 Å². The maximum atomic E-state index is 8.74. The first-order valence-electron chi connectivity index (χ1n) is 3.62. The summed E-state index contributed by atoms with van der Waals surface area (Å²) >= 11 is 0. The van der Waals surface area contributed by atoms with E-state index in [1.54, 1.807) is 0 Å². The highest BCUT2D eigenvalue weighted by Crippen LogP contribution is 2.13. The van der Waals surface area contributed by atoms with Crippen LogP contribution in [0.5, 0.6) is 0 Å². The van der Waals surface area contributed by atoms with Gasteiger partial charge in [0.2, 0.25) is 0 Å². The predicted molar refractivity (Wildman–Crippen MR) is 38.5 cm³/mol. The molecular weight excluding hydrogens is 132 g/mol. The van der Waals surface area contributed by atoms with Gasteiger partial charge in [-0.25, -0.2) is 0 Å². The van der Waals surface area contributed by atoms with Crippen LogP contribution in [0.15, 0.2) is 0 Å². The van der Waals surface area contributed by atoms with E-state index in [9.17, 15) is 0 Å². The van der Waals surface area contributed by atoms with E-state index in [4.69, 9.17) is 15.3 Å². The molecule has 0 bridgehead atoms. The smallest absolute Gasteiger partial charge is 0.0484 e. The fourth-order valence-corrected chi connectivity index (χ4v) is 0.967. The van der Waals surface area contributed by atoms with Crippen LogP contribution in [-0.4, -0.2) is 35.1 Å². The van der Waals surface area contributed by atoms with E-state index in [-0.39, 0.29) is 31.7 Å². The summed E-state index contributed by atoms with van der Waals surface area (Å²) in [6, 6.07) is 0. The van der Waals surface area contributed by atoms with Crippen LogP contribution in [0.2, 0.25) is 0 Å². The Bertz CT molecular complexity index is 57.3. The Morgan fingerprint density at radius 2 is 1.30 bits per heavy atom. The van der Waals surface area contributed by atoms with Gasteiger partial charge in [-0.15, -0.1) is 0 Å². The normalized spacial score (nSPS) is 14.1. The van der Waals surface area contributed by atoms with Gasteiger partial charge in [0.05, 0.1) is 0 Å². The zero-order chi connectivity index (χ0) is 7.98. The minimum atomic E-state index is -0.157. The van der Waals surface area contributed by atoms with Gasteiger partial charge < -0.3 is 15.3 Å². The summed E-state index contributed by atoms with van der Waals surface area (Å²) in [4.78, 5) is 0. The highest BCUT2D eigenvalue weighted by atomic mass is 16.3. The molecule has 3 heteroatoms. The lowest BCUT2D eigenvalue weighted by Crippen LogP contribution is -2.24. The molecule has 0 aliphatic rings. The van der Waals surface area contributed by atoms with E-state index in [0.717, 1.165) is 6.42 Å².